The minimum atomic E-state index is -3.36. The van der Waals surface area contributed by atoms with Gasteiger partial charge in [-0.05, 0) is 56.5 Å². The molecule has 0 bridgehead atoms. The van der Waals surface area contributed by atoms with E-state index in [9.17, 15) is 8.42 Å². The molecular weight excluding hydrogens is 396 g/mol. The quantitative estimate of drug-likeness (QED) is 0.752. The van der Waals surface area contributed by atoms with E-state index in [1.54, 1.807) is 0 Å². The predicted molar refractivity (Wildman–Crippen MR) is 87.1 cm³/mol. The molecule has 19 heavy (non-hydrogen) atoms. The van der Waals surface area contributed by atoms with Crippen LogP contribution in [0.2, 0.25) is 0 Å². The van der Waals surface area contributed by atoms with E-state index in [1.165, 1.54) is 0 Å². The minimum Gasteiger partial charge on any atom is -0.313 e. The molecule has 108 valence electrons. The first kappa shape index (κ1) is 16.9. The standard InChI is InChI=1S/C12H18Br2N2O2S/c1-8(2)15-4-5-19(17,18)16-12-10(13)6-9(3)7-11(12)14/h6-8,15-16H,4-5H2,1-3H3. The second-order valence-corrected chi connectivity index (χ2v) is 8.18. The van der Waals surface area contributed by atoms with E-state index < -0.39 is 10.0 Å². The summed E-state index contributed by atoms with van der Waals surface area (Å²) >= 11 is 6.74. The molecule has 1 rings (SSSR count). The molecule has 0 radical (unpaired) electrons. The van der Waals surface area contributed by atoms with Crippen molar-refractivity contribution in [3.63, 3.8) is 0 Å². The topological polar surface area (TPSA) is 58.2 Å². The lowest BCUT2D eigenvalue weighted by atomic mass is 10.2. The summed E-state index contributed by atoms with van der Waals surface area (Å²) in [6.07, 6.45) is 0. The molecule has 0 heterocycles. The van der Waals surface area contributed by atoms with Crippen molar-refractivity contribution >= 4 is 47.6 Å². The molecule has 0 aliphatic heterocycles. The molecule has 1 aromatic rings. The molecule has 0 aliphatic rings. The fraction of sp³-hybridized carbons (Fsp3) is 0.500. The number of nitrogens with one attached hydrogen (secondary N) is 2. The SMILES string of the molecule is Cc1cc(Br)c(NS(=O)(=O)CCNC(C)C)c(Br)c1. The number of aryl methyl sites for hydroxylation is 1. The largest absolute Gasteiger partial charge is 0.313 e. The predicted octanol–water partition coefficient (Wildman–Crippen LogP) is 3.26. The monoisotopic (exact) mass is 412 g/mol. The Kier molecular flexibility index (Phi) is 6.29. The smallest absolute Gasteiger partial charge is 0.234 e. The van der Waals surface area contributed by atoms with E-state index in [-0.39, 0.29) is 11.8 Å². The van der Waals surface area contributed by atoms with E-state index in [1.807, 2.05) is 32.9 Å². The van der Waals surface area contributed by atoms with Crippen LogP contribution >= 0.6 is 31.9 Å². The summed E-state index contributed by atoms with van der Waals surface area (Å²) in [5.74, 6) is 0.0396. The number of hydrogen-bond acceptors (Lipinski definition) is 3. The zero-order chi connectivity index (χ0) is 14.6. The summed E-state index contributed by atoms with van der Waals surface area (Å²) in [5, 5.41) is 3.08. The number of benzene rings is 1. The Bertz CT molecular complexity index is 522. The van der Waals surface area contributed by atoms with Crippen molar-refractivity contribution < 1.29 is 8.42 Å². The second-order valence-electron chi connectivity index (χ2n) is 4.63. The number of hydrogen-bond donors (Lipinski definition) is 2. The molecule has 7 heteroatoms. The van der Waals surface area contributed by atoms with Crippen molar-refractivity contribution in [1.29, 1.82) is 0 Å². The molecule has 0 amide bonds. The molecule has 0 atom stereocenters. The van der Waals surface area contributed by atoms with Gasteiger partial charge in [0.2, 0.25) is 10.0 Å². The minimum absolute atomic E-state index is 0.0396. The highest BCUT2D eigenvalue weighted by Crippen LogP contribution is 2.32. The molecule has 0 saturated carbocycles. The maximum Gasteiger partial charge on any atom is 0.234 e. The maximum absolute atomic E-state index is 12.0. The van der Waals surface area contributed by atoms with Crippen LogP contribution in [-0.4, -0.2) is 26.8 Å². The third-order valence-electron chi connectivity index (χ3n) is 2.37. The average molecular weight is 414 g/mol. The van der Waals surface area contributed by atoms with E-state index in [0.717, 1.165) is 14.5 Å². The Balaban J connectivity index is 2.79. The first-order valence-electron chi connectivity index (χ1n) is 5.91. The van der Waals surface area contributed by atoms with Crippen LogP contribution in [0, 0.1) is 6.92 Å². The summed E-state index contributed by atoms with van der Waals surface area (Å²) in [7, 11) is -3.36. The summed E-state index contributed by atoms with van der Waals surface area (Å²) in [5.41, 5.74) is 1.58. The molecule has 0 fully saturated rings. The molecule has 0 spiro atoms. The van der Waals surface area contributed by atoms with Crippen molar-refractivity contribution in [2.45, 2.75) is 26.8 Å². The van der Waals surface area contributed by atoms with Crippen LogP contribution < -0.4 is 10.0 Å². The zero-order valence-corrected chi connectivity index (χ0v) is 15.1. The van der Waals surface area contributed by atoms with Crippen molar-refractivity contribution in [1.82, 2.24) is 5.32 Å². The Morgan fingerprint density at radius 3 is 2.21 bits per heavy atom. The molecule has 4 nitrogen and oxygen atoms in total. The first-order valence-corrected chi connectivity index (χ1v) is 9.14. The van der Waals surface area contributed by atoms with Crippen molar-refractivity contribution in [3.8, 4) is 0 Å². The molecule has 2 N–H and O–H groups in total. The van der Waals surface area contributed by atoms with Crippen LogP contribution in [0.5, 0.6) is 0 Å². The normalized spacial score (nSPS) is 11.9. The second kappa shape index (κ2) is 7.06. The maximum atomic E-state index is 12.0. The highest BCUT2D eigenvalue weighted by Gasteiger charge is 2.15. The van der Waals surface area contributed by atoms with Gasteiger partial charge in [-0.15, -0.1) is 0 Å². The van der Waals surface area contributed by atoms with Gasteiger partial charge in [0.15, 0.2) is 0 Å². The van der Waals surface area contributed by atoms with Gasteiger partial charge in [0.05, 0.1) is 11.4 Å². The van der Waals surface area contributed by atoms with Gasteiger partial charge < -0.3 is 5.32 Å². The lowest BCUT2D eigenvalue weighted by molar-refractivity contribution is 0.582. The number of halogens is 2. The Morgan fingerprint density at radius 1 is 1.21 bits per heavy atom. The molecule has 1 aromatic carbocycles. The third-order valence-corrected chi connectivity index (χ3v) is 4.87. The summed E-state index contributed by atoms with van der Waals surface area (Å²) < 4.78 is 28.0. The van der Waals surface area contributed by atoms with E-state index in [2.05, 4.69) is 41.9 Å². The number of rotatable bonds is 6. The molecule has 0 saturated heterocycles. The molecule has 0 unspecified atom stereocenters. The highest BCUT2D eigenvalue weighted by molar-refractivity contribution is 9.11. The van der Waals surface area contributed by atoms with Crippen molar-refractivity contribution in [2.24, 2.45) is 0 Å². The fourth-order valence-corrected chi connectivity index (χ4v) is 4.38. The van der Waals surface area contributed by atoms with Gasteiger partial charge in [-0.3, -0.25) is 4.72 Å². The lowest BCUT2D eigenvalue weighted by Gasteiger charge is -2.13. The fourth-order valence-electron chi connectivity index (χ4n) is 1.49. The van der Waals surface area contributed by atoms with Crippen molar-refractivity contribution in [3.05, 3.63) is 26.6 Å². The van der Waals surface area contributed by atoms with Gasteiger partial charge in [0, 0.05) is 21.5 Å². The summed E-state index contributed by atoms with van der Waals surface area (Å²) in [4.78, 5) is 0. The molecule has 0 aliphatic carbocycles. The third kappa shape index (κ3) is 5.81. The van der Waals surface area contributed by atoms with E-state index >= 15 is 0 Å². The summed E-state index contributed by atoms with van der Waals surface area (Å²) in [6, 6.07) is 4.01. The number of anilines is 1. The van der Waals surface area contributed by atoms with E-state index in [4.69, 9.17) is 0 Å². The highest BCUT2D eigenvalue weighted by atomic mass is 79.9. The Morgan fingerprint density at radius 2 is 1.74 bits per heavy atom. The Labute approximate surface area is 131 Å². The van der Waals surface area contributed by atoms with Crippen molar-refractivity contribution in [2.75, 3.05) is 17.0 Å². The van der Waals surface area contributed by atoms with Crippen LogP contribution in [0.4, 0.5) is 5.69 Å². The van der Waals surface area contributed by atoms with Crippen LogP contribution in [0.15, 0.2) is 21.1 Å². The zero-order valence-electron chi connectivity index (χ0n) is 11.1. The first-order chi connectivity index (χ1) is 8.71. The Hall–Kier alpha value is -0.110. The van der Waals surface area contributed by atoms with Gasteiger partial charge in [0.1, 0.15) is 0 Å². The van der Waals surface area contributed by atoms with Gasteiger partial charge in [-0.1, -0.05) is 13.8 Å². The van der Waals surface area contributed by atoms with Crippen LogP contribution in [0.25, 0.3) is 0 Å². The van der Waals surface area contributed by atoms with E-state index in [0.29, 0.717) is 12.2 Å². The van der Waals surface area contributed by atoms with Gasteiger partial charge in [-0.25, -0.2) is 8.42 Å². The number of sulfonamides is 1. The summed E-state index contributed by atoms with van der Waals surface area (Å²) in [6.45, 7) is 6.33. The molecule has 0 aromatic heterocycles. The van der Waals surface area contributed by atoms with Crippen LogP contribution in [-0.2, 0) is 10.0 Å². The van der Waals surface area contributed by atoms with Gasteiger partial charge >= 0.3 is 0 Å². The van der Waals surface area contributed by atoms with Gasteiger partial charge in [0.25, 0.3) is 0 Å². The average Bonchev–Trinajstić information content (AvgIpc) is 2.22. The van der Waals surface area contributed by atoms with Gasteiger partial charge in [-0.2, -0.15) is 0 Å². The molecular formula is C12H18Br2N2O2S. The van der Waals surface area contributed by atoms with Crippen LogP contribution in [0.1, 0.15) is 19.4 Å². The van der Waals surface area contributed by atoms with Crippen LogP contribution in [0.3, 0.4) is 0 Å². The lowest BCUT2D eigenvalue weighted by Crippen LogP contribution is -2.31.